The summed E-state index contributed by atoms with van der Waals surface area (Å²) < 4.78 is 20.8. The standard InChI is InChI=1S/C25H25ClFN7O/c1-25(2)13-34(17-7-5-16(27)6-8-17)24-21(25)22(28-3)31-20(32-24)10-15-9-18(35-4)23(29-11-15)33-12-19(26)30-14-33/h5-9,11-12,14H,10,13H2,1-4H3,(H,28,31,32). The summed E-state index contributed by atoms with van der Waals surface area (Å²) in [4.78, 5) is 20.5. The summed E-state index contributed by atoms with van der Waals surface area (Å²) in [5, 5.41) is 3.62. The predicted octanol–water partition coefficient (Wildman–Crippen LogP) is 4.92. The first-order valence-electron chi connectivity index (χ1n) is 11.1. The maximum atomic E-state index is 13.6. The minimum absolute atomic E-state index is 0.195. The second-order valence-electron chi connectivity index (χ2n) is 9.03. The molecule has 4 heterocycles. The van der Waals surface area contributed by atoms with E-state index in [0.29, 0.717) is 35.5 Å². The van der Waals surface area contributed by atoms with Crippen molar-refractivity contribution >= 4 is 28.9 Å². The van der Waals surface area contributed by atoms with Gasteiger partial charge in [0.15, 0.2) is 11.6 Å². The Bertz CT molecular complexity index is 1390. The van der Waals surface area contributed by atoms with Gasteiger partial charge in [0.1, 0.15) is 34.8 Å². The fourth-order valence-corrected chi connectivity index (χ4v) is 4.62. The number of ether oxygens (including phenoxy) is 1. The number of aromatic nitrogens is 5. The highest BCUT2D eigenvalue weighted by Crippen LogP contribution is 2.46. The number of imidazole rings is 1. The third kappa shape index (κ3) is 4.27. The molecule has 0 saturated heterocycles. The first-order valence-corrected chi connectivity index (χ1v) is 11.5. The molecule has 3 aromatic heterocycles. The summed E-state index contributed by atoms with van der Waals surface area (Å²) >= 11 is 5.96. The lowest BCUT2D eigenvalue weighted by atomic mass is 9.88. The first kappa shape index (κ1) is 23.0. The van der Waals surface area contributed by atoms with Crippen LogP contribution in [0, 0.1) is 5.82 Å². The molecule has 0 fully saturated rings. The van der Waals surface area contributed by atoms with E-state index in [9.17, 15) is 4.39 Å². The van der Waals surface area contributed by atoms with Crippen molar-refractivity contribution in [3.8, 4) is 11.6 Å². The number of nitrogens with one attached hydrogen (secondary N) is 1. The molecule has 0 saturated carbocycles. The Morgan fingerprint density at radius 2 is 1.91 bits per heavy atom. The minimum Gasteiger partial charge on any atom is -0.493 e. The number of methoxy groups -OCH3 is 1. The molecule has 35 heavy (non-hydrogen) atoms. The molecule has 0 bridgehead atoms. The van der Waals surface area contributed by atoms with Crippen molar-refractivity contribution in [1.82, 2.24) is 24.5 Å². The van der Waals surface area contributed by atoms with Crippen LogP contribution in [0.15, 0.2) is 49.1 Å². The summed E-state index contributed by atoms with van der Waals surface area (Å²) in [5.41, 5.74) is 2.62. The summed E-state index contributed by atoms with van der Waals surface area (Å²) in [6, 6.07) is 8.39. The van der Waals surface area contributed by atoms with Gasteiger partial charge in [-0.05, 0) is 35.9 Å². The Morgan fingerprint density at radius 1 is 1.14 bits per heavy atom. The normalized spacial score (nSPS) is 14.2. The molecule has 0 atom stereocenters. The van der Waals surface area contributed by atoms with Gasteiger partial charge in [-0.1, -0.05) is 25.4 Å². The van der Waals surface area contributed by atoms with Crippen LogP contribution in [0.1, 0.15) is 30.8 Å². The van der Waals surface area contributed by atoms with E-state index in [2.05, 4.69) is 34.0 Å². The van der Waals surface area contributed by atoms with Crippen LogP contribution in [0.3, 0.4) is 0 Å². The number of anilines is 3. The van der Waals surface area contributed by atoms with Gasteiger partial charge in [0.05, 0.1) is 7.11 Å². The van der Waals surface area contributed by atoms with Crippen LogP contribution in [-0.4, -0.2) is 45.2 Å². The van der Waals surface area contributed by atoms with E-state index in [1.165, 1.54) is 12.1 Å². The summed E-state index contributed by atoms with van der Waals surface area (Å²) in [5.74, 6) is 3.14. The maximum Gasteiger partial charge on any atom is 0.180 e. The topological polar surface area (TPSA) is 81.0 Å². The summed E-state index contributed by atoms with van der Waals surface area (Å²) in [6.45, 7) is 5.03. The lowest BCUT2D eigenvalue weighted by molar-refractivity contribution is 0.410. The van der Waals surface area contributed by atoms with Gasteiger partial charge < -0.3 is 15.0 Å². The number of fused-ring (bicyclic) bond motifs is 1. The largest absolute Gasteiger partial charge is 0.493 e. The zero-order valence-corrected chi connectivity index (χ0v) is 20.6. The molecule has 0 amide bonds. The van der Waals surface area contributed by atoms with Crippen molar-refractivity contribution in [3.63, 3.8) is 0 Å². The van der Waals surface area contributed by atoms with Crippen molar-refractivity contribution in [1.29, 1.82) is 0 Å². The number of rotatable bonds is 6. The Labute approximate surface area is 207 Å². The molecular formula is C25H25ClFN7O. The molecule has 4 aromatic rings. The molecule has 0 spiro atoms. The average molecular weight is 494 g/mol. The second-order valence-corrected chi connectivity index (χ2v) is 9.42. The van der Waals surface area contributed by atoms with Gasteiger partial charge in [0.25, 0.3) is 0 Å². The lowest BCUT2D eigenvalue weighted by Gasteiger charge is -2.21. The van der Waals surface area contributed by atoms with Crippen molar-refractivity contribution in [2.45, 2.75) is 25.7 Å². The van der Waals surface area contributed by atoms with E-state index in [1.54, 1.807) is 42.5 Å². The van der Waals surface area contributed by atoms with Gasteiger partial charge in [-0.3, -0.25) is 4.57 Å². The van der Waals surface area contributed by atoms with Gasteiger partial charge in [-0.15, -0.1) is 0 Å². The average Bonchev–Trinajstić information content (AvgIpc) is 3.39. The third-order valence-electron chi connectivity index (χ3n) is 6.06. The number of hydrogen-bond donors (Lipinski definition) is 1. The molecule has 0 radical (unpaired) electrons. The second kappa shape index (κ2) is 8.81. The molecule has 1 N–H and O–H groups in total. The zero-order chi connectivity index (χ0) is 24.7. The van der Waals surface area contributed by atoms with E-state index in [4.69, 9.17) is 26.3 Å². The fourth-order valence-electron chi connectivity index (χ4n) is 4.47. The highest BCUT2D eigenvalue weighted by molar-refractivity contribution is 6.29. The number of benzene rings is 1. The van der Waals surface area contributed by atoms with E-state index in [-0.39, 0.29) is 11.2 Å². The molecule has 5 rings (SSSR count). The Hall–Kier alpha value is -3.72. The van der Waals surface area contributed by atoms with Gasteiger partial charge >= 0.3 is 0 Å². The smallest absolute Gasteiger partial charge is 0.180 e. The molecular weight excluding hydrogens is 469 g/mol. The van der Waals surface area contributed by atoms with Crippen LogP contribution in [0.2, 0.25) is 5.15 Å². The quantitative estimate of drug-likeness (QED) is 0.408. The van der Waals surface area contributed by atoms with Crippen LogP contribution in [0.5, 0.6) is 5.75 Å². The third-order valence-corrected chi connectivity index (χ3v) is 6.26. The summed E-state index contributed by atoms with van der Waals surface area (Å²) in [7, 11) is 3.45. The number of nitrogens with zero attached hydrogens (tertiary/aromatic N) is 6. The number of hydrogen-bond acceptors (Lipinski definition) is 7. The van der Waals surface area contributed by atoms with Crippen LogP contribution in [0.25, 0.3) is 5.82 Å². The van der Waals surface area contributed by atoms with Gasteiger partial charge in [0.2, 0.25) is 0 Å². The monoisotopic (exact) mass is 493 g/mol. The maximum absolute atomic E-state index is 13.6. The van der Waals surface area contributed by atoms with Crippen LogP contribution in [-0.2, 0) is 11.8 Å². The van der Waals surface area contributed by atoms with E-state index in [1.807, 2.05) is 13.1 Å². The molecule has 1 aromatic carbocycles. The van der Waals surface area contributed by atoms with Gasteiger partial charge in [-0.25, -0.2) is 24.3 Å². The Morgan fingerprint density at radius 3 is 2.57 bits per heavy atom. The molecule has 180 valence electrons. The first-order chi connectivity index (χ1) is 16.8. The molecule has 0 aliphatic carbocycles. The predicted molar refractivity (Wildman–Crippen MR) is 134 cm³/mol. The molecule has 1 aliphatic heterocycles. The molecule has 0 unspecified atom stereocenters. The zero-order valence-electron chi connectivity index (χ0n) is 19.9. The lowest BCUT2D eigenvalue weighted by Crippen LogP contribution is -2.25. The molecule has 1 aliphatic rings. The number of pyridine rings is 1. The van der Waals surface area contributed by atoms with Crippen molar-refractivity contribution in [2.75, 3.05) is 30.9 Å². The van der Waals surface area contributed by atoms with Gasteiger partial charge in [-0.2, -0.15) is 0 Å². The minimum atomic E-state index is -0.269. The van der Waals surface area contributed by atoms with Crippen LogP contribution in [0.4, 0.5) is 21.7 Å². The summed E-state index contributed by atoms with van der Waals surface area (Å²) in [6.07, 6.45) is 5.47. The molecule has 8 nitrogen and oxygen atoms in total. The van der Waals surface area contributed by atoms with Crippen LogP contribution < -0.4 is 15.0 Å². The number of halogens is 2. The van der Waals surface area contributed by atoms with Crippen molar-refractivity contribution in [3.05, 3.63) is 77.0 Å². The van der Waals surface area contributed by atoms with Crippen molar-refractivity contribution in [2.24, 2.45) is 0 Å². The van der Waals surface area contributed by atoms with Gasteiger partial charge in [0, 0.05) is 49.1 Å². The highest BCUT2D eigenvalue weighted by atomic mass is 35.5. The van der Waals surface area contributed by atoms with E-state index < -0.39 is 0 Å². The molecule has 10 heteroatoms. The SMILES string of the molecule is CNc1nc(Cc2cnc(-n3cnc(Cl)c3)c(OC)c2)nc2c1C(C)(C)CN2c1ccc(F)cc1. The highest BCUT2D eigenvalue weighted by Gasteiger charge is 2.40. The Kier molecular flexibility index (Phi) is 5.80. The van der Waals surface area contributed by atoms with Crippen molar-refractivity contribution < 1.29 is 9.13 Å². The van der Waals surface area contributed by atoms with E-state index >= 15 is 0 Å². The van der Waals surface area contributed by atoms with Crippen LogP contribution >= 0.6 is 11.6 Å². The fraction of sp³-hybridized carbons (Fsp3) is 0.280. The Balaban J connectivity index is 1.53. The van der Waals surface area contributed by atoms with E-state index in [0.717, 1.165) is 28.5 Å².